The molecule has 5 heteroatoms. The summed E-state index contributed by atoms with van der Waals surface area (Å²) in [5.41, 5.74) is 3.82. The fraction of sp³-hybridized carbons (Fsp3) is 0.526. The lowest BCUT2D eigenvalue weighted by Crippen LogP contribution is -2.38. The highest BCUT2D eigenvalue weighted by Gasteiger charge is 2.43. The Morgan fingerprint density at radius 3 is 2.54 bits per heavy atom. The molecule has 3 fully saturated rings. The Balaban J connectivity index is 1.52. The van der Waals surface area contributed by atoms with E-state index in [-0.39, 0.29) is 5.91 Å². The first-order valence-corrected chi connectivity index (χ1v) is 9.04. The zero-order chi connectivity index (χ0) is 16.3. The van der Waals surface area contributed by atoms with Crippen molar-refractivity contribution in [3.63, 3.8) is 0 Å². The minimum atomic E-state index is 0.0995. The normalized spacial score (nSPS) is 25.5. The van der Waals surface area contributed by atoms with E-state index in [0.717, 1.165) is 37.2 Å². The van der Waals surface area contributed by atoms with Crippen LogP contribution in [0.1, 0.15) is 59.8 Å². The number of likely N-dealkylation sites (tertiary alicyclic amines) is 1. The second-order valence-corrected chi connectivity index (χ2v) is 7.64. The molecule has 2 saturated carbocycles. The number of aryl methyl sites for hydroxylation is 1. The minimum Gasteiger partial charge on any atom is -0.334 e. The maximum Gasteiger partial charge on any atom is 0.276 e. The molecule has 5 rings (SSSR count). The highest BCUT2D eigenvalue weighted by molar-refractivity contribution is 5.94. The van der Waals surface area contributed by atoms with Crippen LogP contribution in [0.15, 0.2) is 24.3 Å². The summed E-state index contributed by atoms with van der Waals surface area (Å²) in [5.74, 6) is 1.23. The maximum atomic E-state index is 13.1. The monoisotopic (exact) mass is 322 g/mol. The highest BCUT2D eigenvalue weighted by atomic mass is 16.2. The molecule has 2 atom stereocenters. The van der Waals surface area contributed by atoms with Gasteiger partial charge in [0.05, 0.1) is 11.4 Å². The molecule has 5 nitrogen and oxygen atoms in total. The van der Waals surface area contributed by atoms with Crippen LogP contribution in [-0.4, -0.2) is 38.4 Å². The quantitative estimate of drug-likeness (QED) is 0.872. The van der Waals surface area contributed by atoms with Crippen LogP contribution >= 0.6 is 0 Å². The molecule has 1 aromatic heterocycles. The standard InChI is InChI=1S/C19H22N4O/c1-12-2-7-15(8-3-12)23-18(14-5-6-14)17(20-21-23)19(24)22-11-13-4-9-16(22)10-13/h2-3,7-8,13-14,16H,4-6,9-11H2,1H3/t13-,16-/m0/s1. The summed E-state index contributed by atoms with van der Waals surface area (Å²) in [6.07, 6.45) is 5.87. The van der Waals surface area contributed by atoms with E-state index in [4.69, 9.17) is 0 Å². The van der Waals surface area contributed by atoms with Gasteiger partial charge in [0.25, 0.3) is 5.91 Å². The summed E-state index contributed by atoms with van der Waals surface area (Å²) >= 11 is 0. The number of benzene rings is 1. The van der Waals surface area contributed by atoms with Crippen LogP contribution in [0.5, 0.6) is 0 Å². The van der Waals surface area contributed by atoms with Crippen molar-refractivity contribution >= 4 is 5.91 Å². The predicted octanol–water partition coefficient (Wildman–Crippen LogP) is 3.08. The predicted molar refractivity (Wildman–Crippen MR) is 90.2 cm³/mol. The molecule has 2 aromatic rings. The van der Waals surface area contributed by atoms with Gasteiger partial charge in [0.15, 0.2) is 5.69 Å². The van der Waals surface area contributed by atoms with Gasteiger partial charge in [-0.15, -0.1) is 5.10 Å². The fourth-order valence-electron chi connectivity index (χ4n) is 4.35. The van der Waals surface area contributed by atoms with E-state index in [1.807, 2.05) is 4.68 Å². The van der Waals surface area contributed by atoms with E-state index in [2.05, 4.69) is 46.4 Å². The topological polar surface area (TPSA) is 51.0 Å². The third-order valence-electron chi connectivity index (χ3n) is 5.82. The van der Waals surface area contributed by atoms with E-state index in [1.54, 1.807) is 0 Å². The zero-order valence-corrected chi connectivity index (χ0v) is 14.0. The molecule has 2 heterocycles. The molecule has 0 N–H and O–H groups in total. The van der Waals surface area contributed by atoms with Gasteiger partial charge in [-0.05, 0) is 57.1 Å². The van der Waals surface area contributed by atoms with Crippen LogP contribution in [0.2, 0.25) is 0 Å². The van der Waals surface area contributed by atoms with E-state index in [1.165, 1.54) is 18.4 Å². The van der Waals surface area contributed by atoms with Gasteiger partial charge in [-0.3, -0.25) is 4.79 Å². The first-order chi connectivity index (χ1) is 11.7. The van der Waals surface area contributed by atoms with Crippen molar-refractivity contribution < 1.29 is 4.79 Å². The van der Waals surface area contributed by atoms with Crippen molar-refractivity contribution in [1.29, 1.82) is 0 Å². The molecule has 0 spiro atoms. The van der Waals surface area contributed by atoms with Crippen molar-refractivity contribution in [2.75, 3.05) is 6.54 Å². The molecule has 124 valence electrons. The molecule has 0 radical (unpaired) electrons. The summed E-state index contributed by atoms with van der Waals surface area (Å²) in [6.45, 7) is 2.98. The highest BCUT2D eigenvalue weighted by Crippen LogP contribution is 2.43. The smallest absolute Gasteiger partial charge is 0.276 e. The van der Waals surface area contributed by atoms with Gasteiger partial charge in [0.2, 0.25) is 0 Å². The number of rotatable bonds is 3. The second-order valence-electron chi connectivity index (χ2n) is 7.64. The van der Waals surface area contributed by atoms with Crippen molar-refractivity contribution in [3.05, 3.63) is 41.2 Å². The number of amides is 1. The van der Waals surface area contributed by atoms with Crippen molar-refractivity contribution in [2.45, 2.75) is 51.0 Å². The molecule has 1 saturated heterocycles. The average molecular weight is 322 g/mol. The third kappa shape index (κ3) is 2.18. The Kier molecular flexibility index (Phi) is 3.05. The van der Waals surface area contributed by atoms with Crippen LogP contribution < -0.4 is 0 Å². The van der Waals surface area contributed by atoms with Crippen LogP contribution in [0.25, 0.3) is 5.69 Å². The number of fused-ring (bicyclic) bond motifs is 2. The number of piperidine rings is 1. The summed E-state index contributed by atoms with van der Waals surface area (Å²) in [4.78, 5) is 15.2. The zero-order valence-electron chi connectivity index (χ0n) is 14.0. The van der Waals surface area contributed by atoms with E-state index in [0.29, 0.717) is 23.6 Å². The molecule has 3 aliphatic rings. The van der Waals surface area contributed by atoms with Gasteiger partial charge in [-0.1, -0.05) is 22.9 Å². The summed E-state index contributed by atoms with van der Waals surface area (Å²) in [7, 11) is 0. The SMILES string of the molecule is Cc1ccc(-n2nnc(C(=O)N3C[C@H]4CC[C@H]3C4)c2C2CC2)cc1. The average Bonchev–Trinajstić information content (AvgIpc) is 3.03. The number of hydrogen-bond donors (Lipinski definition) is 0. The van der Waals surface area contributed by atoms with Gasteiger partial charge in [0.1, 0.15) is 0 Å². The molecular formula is C19H22N4O. The summed E-state index contributed by atoms with van der Waals surface area (Å²) < 4.78 is 1.89. The lowest BCUT2D eigenvalue weighted by atomic mass is 10.1. The van der Waals surface area contributed by atoms with Crippen molar-refractivity contribution in [2.24, 2.45) is 5.92 Å². The van der Waals surface area contributed by atoms with Gasteiger partial charge < -0.3 is 4.90 Å². The third-order valence-corrected chi connectivity index (χ3v) is 5.82. The van der Waals surface area contributed by atoms with E-state index in [9.17, 15) is 4.79 Å². The van der Waals surface area contributed by atoms with E-state index < -0.39 is 0 Å². The Morgan fingerprint density at radius 1 is 1.12 bits per heavy atom. The lowest BCUT2D eigenvalue weighted by molar-refractivity contribution is 0.0696. The summed E-state index contributed by atoms with van der Waals surface area (Å²) in [6, 6.07) is 8.70. The Bertz CT molecular complexity index is 790. The minimum absolute atomic E-state index is 0.0995. The molecule has 1 amide bonds. The number of hydrogen-bond acceptors (Lipinski definition) is 3. The number of nitrogens with zero attached hydrogens (tertiary/aromatic N) is 4. The second kappa shape index (κ2) is 5.16. The first-order valence-electron chi connectivity index (χ1n) is 9.04. The largest absolute Gasteiger partial charge is 0.334 e. The van der Waals surface area contributed by atoms with Gasteiger partial charge in [-0.2, -0.15) is 0 Å². The molecule has 1 aliphatic heterocycles. The lowest BCUT2D eigenvalue weighted by Gasteiger charge is -2.26. The molecular weight excluding hydrogens is 300 g/mol. The van der Waals surface area contributed by atoms with Gasteiger partial charge in [0, 0.05) is 18.5 Å². The molecule has 1 aromatic carbocycles. The fourth-order valence-corrected chi connectivity index (χ4v) is 4.35. The Morgan fingerprint density at radius 2 is 1.92 bits per heavy atom. The van der Waals surface area contributed by atoms with E-state index >= 15 is 0 Å². The van der Waals surface area contributed by atoms with Crippen molar-refractivity contribution in [3.8, 4) is 5.69 Å². The van der Waals surface area contributed by atoms with Crippen LogP contribution in [-0.2, 0) is 0 Å². The number of carbonyl (C=O) groups is 1. The maximum absolute atomic E-state index is 13.1. The van der Waals surface area contributed by atoms with Crippen LogP contribution in [0.4, 0.5) is 0 Å². The van der Waals surface area contributed by atoms with Gasteiger partial charge in [-0.25, -0.2) is 4.68 Å². The molecule has 2 aliphatic carbocycles. The first kappa shape index (κ1) is 14.2. The van der Waals surface area contributed by atoms with Crippen LogP contribution in [0.3, 0.4) is 0 Å². The van der Waals surface area contributed by atoms with Gasteiger partial charge >= 0.3 is 0 Å². The summed E-state index contributed by atoms with van der Waals surface area (Å²) in [5, 5.41) is 8.68. The Labute approximate surface area is 141 Å². The van der Waals surface area contributed by atoms with Crippen LogP contribution in [0, 0.1) is 12.8 Å². The Hall–Kier alpha value is -2.17. The molecule has 2 bridgehead atoms. The van der Waals surface area contributed by atoms with Crippen molar-refractivity contribution in [1.82, 2.24) is 19.9 Å². The number of carbonyl (C=O) groups excluding carboxylic acids is 1. The molecule has 0 unspecified atom stereocenters. The number of aromatic nitrogens is 3. The molecule has 24 heavy (non-hydrogen) atoms.